The number of hydrogen-bond acceptors (Lipinski definition) is 4. The maximum atomic E-state index is 11.7. The number of carbonyl (C=O) groups excluding carboxylic acids is 1. The van der Waals surface area contributed by atoms with E-state index >= 15 is 0 Å². The third kappa shape index (κ3) is 4.28. The lowest BCUT2D eigenvalue weighted by Gasteiger charge is -2.10. The van der Waals surface area contributed by atoms with E-state index in [0.29, 0.717) is 31.1 Å². The van der Waals surface area contributed by atoms with Crippen molar-refractivity contribution in [1.29, 1.82) is 0 Å². The summed E-state index contributed by atoms with van der Waals surface area (Å²) < 4.78 is 10.8. The Hall–Kier alpha value is -2.01. The van der Waals surface area contributed by atoms with Gasteiger partial charge in [0.15, 0.2) is 11.5 Å². The lowest BCUT2D eigenvalue weighted by atomic mass is 10.3. The normalized spacial score (nSPS) is 10.1. The number of carbonyl (C=O) groups is 1. The fourth-order valence-corrected chi connectivity index (χ4v) is 2.43. The van der Waals surface area contributed by atoms with Crippen LogP contribution in [0.4, 0.5) is 0 Å². The number of amides is 1. The Bertz CT molecular complexity index is 540. The monoisotopic (exact) mass is 291 g/mol. The quantitative estimate of drug-likeness (QED) is 0.797. The molecule has 0 fully saturated rings. The van der Waals surface area contributed by atoms with Crippen molar-refractivity contribution in [2.45, 2.75) is 6.42 Å². The molecule has 1 heterocycles. The Morgan fingerprint density at radius 2 is 2.00 bits per heavy atom. The molecule has 0 saturated carbocycles. The number of rotatable bonds is 7. The molecule has 1 amide bonds. The Kier molecular flexibility index (Phi) is 5.43. The largest absolute Gasteiger partial charge is 0.493 e. The van der Waals surface area contributed by atoms with Crippen molar-refractivity contribution >= 4 is 17.2 Å². The van der Waals surface area contributed by atoms with Crippen LogP contribution in [0.5, 0.6) is 11.5 Å². The van der Waals surface area contributed by atoms with Crippen LogP contribution in [0, 0.1) is 0 Å². The fourth-order valence-electron chi connectivity index (χ4n) is 1.72. The molecule has 1 aromatic heterocycles. The van der Waals surface area contributed by atoms with Crippen LogP contribution in [0.1, 0.15) is 4.88 Å². The lowest BCUT2D eigenvalue weighted by Crippen LogP contribution is -2.29. The summed E-state index contributed by atoms with van der Waals surface area (Å²) in [7, 11) is 1.60. The first-order valence-electron chi connectivity index (χ1n) is 6.34. The van der Waals surface area contributed by atoms with Crippen molar-refractivity contribution in [3.8, 4) is 11.5 Å². The zero-order chi connectivity index (χ0) is 14.2. The summed E-state index contributed by atoms with van der Waals surface area (Å²) in [5.74, 6) is 1.39. The van der Waals surface area contributed by atoms with Gasteiger partial charge in [-0.1, -0.05) is 18.2 Å². The van der Waals surface area contributed by atoms with E-state index in [1.165, 1.54) is 0 Å². The third-order valence-corrected chi connectivity index (χ3v) is 3.54. The predicted molar refractivity (Wildman–Crippen MR) is 79.5 cm³/mol. The van der Waals surface area contributed by atoms with E-state index in [-0.39, 0.29) is 5.91 Å². The van der Waals surface area contributed by atoms with Gasteiger partial charge in [-0.05, 0) is 23.6 Å². The van der Waals surface area contributed by atoms with E-state index < -0.39 is 0 Å². The van der Waals surface area contributed by atoms with Gasteiger partial charge >= 0.3 is 0 Å². The van der Waals surface area contributed by atoms with Crippen LogP contribution in [0.25, 0.3) is 0 Å². The first kappa shape index (κ1) is 14.4. The zero-order valence-corrected chi connectivity index (χ0v) is 12.1. The molecule has 0 aliphatic carbocycles. The molecule has 0 atom stereocenters. The Morgan fingerprint density at radius 1 is 1.20 bits per heavy atom. The maximum absolute atomic E-state index is 11.7. The molecular formula is C15H17NO3S. The van der Waals surface area contributed by atoms with Gasteiger partial charge in [0.05, 0.1) is 20.1 Å². The topological polar surface area (TPSA) is 47.6 Å². The molecule has 1 N–H and O–H groups in total. The molecule has 0 aliphatic heterocycles. The molecule has 0 saturated heterocycles. The SMILES string of the molecule is COc1ccccc1OCCNC(=O)Cc1cccs1. The summed E-state index contributed by atoms with van der Waals surface area (Å²) in [5.41, 5.74) is 0. The Balaban J connectivity index is 1.69. The van der Waals surface area contributed by atoms with Crippen molar-refractivity contribution in [1.82, 2.24) is 5.32 Å². The summed E-state index contributed by atoms with van der Waals surface area (Å²) in [4.78, 5) is 12.7. The number of para-hydroxylation sites is 2. The molecule has 0 radical (unpaired) electrons. The number of thiophene rings is 1. The second-order valence-corrected chi connectivity index (χ2v) is 5.14. The third-order valence-electron chi connectivity index (χ3n) is 2.67. The van der Waals surface area contributed by atoms with E-state index in [9.17, 15) is 4.79 Å². The number of ether oxygens (including phenoxy) is 2. The molecule has 4 nitrogen and oxygen atoms in total. The smallest absolute Gasteiger partial charge is 0.225 e. The summed E-state index contributed by atoms with van der Waals surface area (Å²) in [6.45, 7) is 0.888. The highest BCUT2D eigenvalue weighted by Gasteiger charge is 2.05. The molecule has 0 bridgehead atoms. The average molecular weight is 291 g/mol. The number of benzene rings is 1. The van der Waals surface area contributed by atoms with Crippen LogP contribution < -0.4 is 14.8 Å². The Labute approximate surface area is 122 Å². The van der Waals surface area contributed by atoms with Crippen molar-refractivity contribution in [3.05, 3.63) is 46.7 Å². The first-order valence-corrected chi connectivity index (χ1v) is 7.22. The van der Waals surface area contributed by atoms with Crippen molar-refractivity contribution in [2.75, 3.05) is 20.3 Å². The first-order chi connectivity index (χ1) is 9.79. The number of hydrogen-bond donors (Lipinski definition) is 1. The fraction of sp³-hybridized carbons (Fsp3) is 0.267. The van der Waals surface area contributed by atoms with Gasteiger partial charge in [-0.2, -0.15) is 0 Å². The number of nitrogens with one attached hydrogen (secondary N) is 1. The molecular weight excluding hydrogens is 274 g/mol. The summed E-state index contributed by atoms with van der Waals surface area (Å²) in [5, 5.41) is 4.80. The van der Waals surface area contributed by atoms with Gasteiger partial charge in [-0.3, -0.25) is 4.79 Å². The van der Waals surface area contributed by atoms with Gasteiger partial charge in [0.2, 0.25) is 5.91 Å². The number of methoxy groups -OCH3 is 1. The van der Waals surface area contributed by atoms with E-state index in [1.807, 2.05) is 41.8 Å². The summed E-state index contributed by atoms with van der Waals surface area (Å²) in [6, 6.07) is 11.3. The van der Waals surface area contributed by atoms with E-state index in [2.05, 4.69) is 5.32 Å². The minimum atomic E-state index is 0.0103. The van der Waals surface area contributed by atoms with E-state index in [1.54, 1.807) is 18.4 Å². The van der Waals surface area contributed by atoms with Crippen molar-refractivity contribution < 1.29 is 14.3 Å². The highest BCUT2D eigenvalue weighted by Crippen LogP contribution is 2.25. The summed E-state index contributed by atoms with van der Waals surface area (Å²) >= 11 is 1.58. The molecule has 106 valence electrons. The van der Waals surface area contributed by atoms with Gasteiger partial charge < -0.3 is 14.8 Å². The van der Waals surface area contributed by atoms with E-state index in [0.717, 1.165) is 4.88 Å². The highest BCUT2D eigenvalue weighted by atomic mass is 32.1. The summed E-state index contributed by atoms with van der Waals surface area (Å²) in [6.07, 6.45) is 0.423. The molecule has 20 heavy (non-hydrogen) atoms. The molecule has 0 aliphatic rings. The second-order valence-electron chi connectivity index (χ2n) is 4.11. The van der Waals surface area contributed by atoms with Gasteiger partial charge in [0, 0.05) is 4.88 Å². The predicted octanol–water partition coefficient (Wildman–Crippen LogP) is 2.49. The van der Waals surface area contributed by atoms with Crippen LogP contribution in [-0.2, 0) is 11.2 Å². The van der Waals surface area contributed by atoms with Crippen LogP contribution in [-0.4, -0.2) is 26.2 Å². The van der Waals surface area contributed by atoms with Crippen molar-refractivity contribution in [3.63, 3.8) is 0 Å². The molecule has 2 aromatic rings. The van der Waals surface area contributed by atoms with Gasteiger partial charge in [-0.25, -0.2) is 0 Å². The van der Waals surface area contributed by atoms with Crippen LogP contribution in [0.15, 0.2) is 41.8 Å². The maximum Gasteiger partial charge on any atom is 0.225 e. The van der Waals surface area contributed by atoms with Crippen molar-refractivity contribution in [2.24, 2.45) is 0 Å². The minimum Gasteiger partial charge on any atom is -0.493 e. The molecule has 1 aromatic carbocycles. The van der Waals surface area contributed by atoms with Gasteiger partial charge in [-0.15, -0.1) is 11.3 Å². The van der Waals surface area contributed by atoms with Crippen LogP contribution in [0.3, 0.4) is 0 Å². The standard InChI is InChI=1S/C15H17NO3S/c1-18-13-6-2-3-7-14(13)19-9-8-16-15(17)11-12-5-4-10-20-12/h2-7,10H,8-9,11H2,1H3,(H,16,17). The van der Waals surface area contributed by atoms with Gasteiger partial charge in [0.1, 0.15) is 6.61 Å². The molecule has 2 rings (SSSR count). The highest BCUT2D eigenvalue weighted by molar-refractivity contribution is 7.10. The lowest BCUT2D eigenvalue weighted by molar-refractivity contribution is -0.120. The zero-order valence-electron chi connectivity index (χ0n) is 11.3. The molecule has 0 unspecified atom stereocenters. The Morgan fingerprint density at radius 3 is 2.70 bits per heavy atom. The molecule has 5 heteroatoms. The van der Waals surface area contributed by atoms with Gasteiger partial charge in [0.25, 0.3) is 0 Å². The van der Waals surface area contributed by atoms with E-state index in [4.69, 9.17) is 9.47 Å². The molecule has 0 spiro atoms. The second kappa shape index (κ2) is 7.55. The minimum absolute atomic E-state index is 0.0103. The van der Waals surface area contributed by atoms with Crippen LogP contribution in [0.2, 0.25) is 0 Å². The average Bonchev–Trinajstić information content (AvgIpc) is 2.97. The van der Waals surface area contributed by atoms with Crippen LogP contribution >= 0.6 is 11.3 Å².